The zero-order chi connectivity index (χ0) is 13.5. The molecule has 0 bridgehead atoms. The van der Waals surface area contributed by atoms with Crippen LogP contribution in [0.1, 0.15) is 22.8 Å². The van der Waals surface area contributed by atoms with Crippen LogP contribution in [-0.4, -0.2) is 12.5 Å². The van der Waals surface area contributed by atoms with Crippen molar-refractivity contribution in [3.05, 3.63) is 77.9 Å². The fourth-order valence-electron chi connectivity index (χ4n) is 1.81. The van der Waals surface area contributed by atoms with Crippen molar-refractivity contribution < 1.29 is 4.79 Å². The Bertz CT molecular complexity index is 558. The summed E-state index contributed by atoms with van der Waals surface area (Å²) in [6, 6.07) is 19.4. The molecule has 1 N–H and O–H groups in total. The first-order chi connectivity index (χ1) is 9.27. The second-order valence-corrected chi connectivity index (χ2v) is 4.33. The number of carbonyl (C=O) groups is 1. The summed E-state index contributed by atoms with van der Waals surface area (Å²) in [7, 11) is 0. The lowest BCUT2D eigenvalue weighted by Gasteiger charge is -2.04. The van der Waals surface area contributed by atoms with Crippen molar-refractivity contribution in [3.8, 4) is 0 Å². The van der Waals surface area contributed by atoms with Gasteiger partial charge in [0.25, 0.3) is 5.91 Å². The predicted molar refractivity (Wildman–Crippen MR) is 78.9 cm³/mol. The predicted octanol–water partition coefficient (Wildman–Crippen LogP) is 3.52. The van der Waals surface area contributed by atoms with Crippen LogP contribution >= 0.6 is 0 Å². The van der Waals surface area contributed by atoms with Crippen LogP contribution < -0.4 is 5.32 Å². The first-order valence-electron chi connectivity index (χ1n) is 6.33. The summed E-state index contributed by atoms with van der Waals surface area (Å²) in [5, 5.41) is 2.88. The minimum Gasteiger partial charge on any atom is -0.349 e. The molecule has 0 unspecified atom stereocenters. The van der Waals surface area contributed by atoms with Gasteiger partial charge >= 0.3 is 0 Å². The molecule has 0 atom stereocenters. The minimum atomic E-state index is -0.0438. The largest absolute Gasteiger partial charge is 0.349 e. The molecule has 0 aliphatic rings. The first kappa shape index (κ1) is 13.1. The molecule has 2 aromatic carbocycles. The molecule has 0 saturated heterocycles. The summed E-state index contributed by atoms with van der Waals surface area (Å²) >= 11 is 0. The zero-order valence-corrected chi connectivity index (χ0v) is 11.0. The van der Waals surface area contributed by atoms with Gasteiger partial charge in [0.1, 0.15) is 0 Å². The molecule has 0 saturated carbocycles. The zero-order valence-electron chi connectivity index (χ0n) is 11.0. The standard InChI is InChI=1S/C17H17NO/c1-14(15-8-4-2-5-9-15)12-13-18-17(19)16-10-6-3-7-11-16/h2-12H,13H2,1H3,(H,18,19)/b14-12+. The molecule has 0 aliphatic carbocycles. The van der Waals surface area contributed by atoms with E-state index < -0.39 is 0 Å². The smallest absolute Gasteiger partial charge is 0.251 e. The van der Waals surface area contributed by atoms with E-state index in [0.717, 1.165) is 5.57 Å². The van der Waals surface area contributed by atoms with E-state index in [1.165, 1.54) is 5.56 Å². The third-order valence-corrected chi connectivity index (χ3v) is 2.94. The summed E-state index contributed by atoms with van der Waals surface area (Å²) < 4.78 is 0. The summed E-state index contributed by atoms with van der Waals surface area (Å²) in [5.41, 5.74) is 3.03. The number of hydrogen-bond donors (Lipinski definition) is 1. The lowest BCUT2D eigenvalue weighted by Crippen LogP contribution is -2.23. The molecule has 2 nitrogen and oxygen atoms in total. The number of allylic oxidation sites excluding steroid dienone is 1. The van der Waals surface area contributed by atoms with Gasteiger partial charge in [0.05, 0.1) is 0 Å². The maximum atomic E-state index is 11.8. The number of benzene rings is 2. The first-order valence-corrected chi connectivity index (χ1v) is 6.33. The Labute approximate surface area is 113 Å². The van der Waals surface area contributed by atoms with E-state index in [9.17, 15) is 4.79 Å². The molecular weight excluding hydrogens is 234 g/mol. The molecule has 2 heteroatoms. The van der Waals surface area contributed by atoms with Crippen LogP contribution in [0.5, 0.6) is 0 Å². The van der Waals surface area contributed by atoms with Crippen molar-refractivity contribution in [3.63, 3.8) is 0 Å². The van der Waals surface area contributed by atoms with Crippen LogP contribution in [0.2, 0.25) is 0 Å². The van der Waals surface area contributed by atoms with Gasteiger partial charge in [0.15, 0.2) is 0 Å². The van der Waals surface area contributed by atoms with E-state index in [0.29, 0.717) is 12.1 Å². The van der Waals surface area contributed by atoms with Gasteiger partial charge in [-0.3, -0.25) is 4.79 Å². The van der Waals surface area contributed by atoms with Gasteiger partial charge in [-0.1, -0.05) is 54.6 Å². The molecule has 0 fully saturated rings. The van der Waals surface area contributed by atoms with Crippen molar-refractivity contribution in [2.75, 3.05) is 6.54 Å². The summed E-state index contributed by atoms with van der Waals surface area (Å²) in [4.78, 5) is 11.8. The third-order valence-electron chi connectivity index (χ3n) is 2.94. The second kappa shape index (κ2) is 6.55. The van der Waals surface area contributed by atoms with Crippen LogP contribution in [0.4, 0.5) is 0 Å². The molecule has 0 aliphatic heterocycles. The fraction of sp³-hybridized carbons (Fsp3) is 0.118. The summed E-state index contributed by atoms with van der Waals surface area (Å²) in [6.45, 7) is 2.58. The molecule has 0 heterocycles. The Kier molecular flexibility index (Phi) is 4.51. The molecule has 0 radical (unpaired) electrons. The van der Waals surface area contributed by atoms with E-state index in [2.05, 4.69) is 17.4 Å². The monoisotopic (exact) mass is 251 g/mol. The third kappa shape index (κ3) is 3.81. The van der Waals surface area contributed by atoms with Gasteiger partial charge in [-0.25, -0.2) is 0 Å². The number of nitrogens with one attached hydrogen (secondary N) is 1. The molecule has 0 aromatic heterocycles. The van der Waals surface area contributed by atoms with Crippen molar-refractivity contribution >= 4 is 11.5 Å². The van der Waals surface area contributed by atoms with Gasteiger partial charge in [-0.05, 0) is 30.2 Å². The Morgan fingerprint density at radius 2 is 1.47 bits per heavy atom. The van der Waals surface area contributed by atoms with E-state index in [-0.39, 0.29) is 5.91 Å². The van der Waals surface area contributed by atoms with Crippen molar-refractivity contribution in [1.82, 2.24) is 5.32 Å². The van der Waals surface area contributed by atoms with Gasteiger partial charge in [-0.15, -0.1) is 0 Å². The minimum absolute atomic E-state index is 0.0438. The topological polar surface area (TPSA) is 29.1 Å². The fourth-order valence-corrected chi connectivity index (χ4v) is 1.81. The maximum Gasteiger partial charge on any atom is 0.251 e. The highest BCUT2D eigenvalue weighted by molar-refractivity contribution is 5.94. The highest BCUT2D eigenvalue weighted by atomic mass is 16.1. The van der Waals surface area contributed by atoms with E-state index in [4.69, 9.17) is 0 Å². The summed E-state index contributed by atoms with van der Waals surface area (Å²) in [5.74, 6) is -0.0438. The Balaban J connectivity index is 1.92. The van der Waals surface area contributed by atoms with Gasteiger partial charge < -0.3 is 5.32 Å². The van der Waals surface area contributed by atoms with Crippen LogP contribution in [0.25, 0.3) is 5.57 Å². The van der Waals surface area contributed by atoms with Crippen LogP contribution in [-0.2, 0) is 0 Å². The molecule has 2 rings (SSSR count). The van der Waals surface area contributed by atoms with Crippen molar-refractivity contribution in [2.24, 2.45) is 0 Å². The van der Waals surface area contributed by atoms with Crippen molar-refractivity contribution in [2.45, 2.75) is 6.92 Å². The lowest BCUT2D eigenvalue weighted by atomic mass is 10.1. The van der Waals surface area contributed by atoms with Crippen LogP contribution in [0, 0.1) is 0 Å². The molecule has 2 aromatic rings. The Hall–Kier alpha value is -2.35. The van der Waals surface area contributed by atoms with E-state index >= 15 is 0 Å². The molecule has 1 amide bonds. The molecule has 0 spiro atoms. The second-order valence-electron chi connectivity index (χ2n) is 4.33. The van der Waals surface area contributed by atoms with Crippen molar-refractivity contribution in [1.29, 1.82) is 0 Å². The Morgan fingerprint density at radius 3 is 2.05 bits per heavy atom. The maximum absolute atomic E-state index is 11.8. The SMILES string of the molecule is C/C(=C\CNC(=O)c1ccccc1)c1ccccc1. The number of hydrogen-bond acceptors (Lipinski definition) is 1. The van der Waals surface area contributed by atoms with Gasteiger partial charge in [0, 0.05) is 12.1 Å². The average Bonchev–Trinajstić information content (AvgIpc) is 2.49. The van der Waals surface area contributed by atoms with E-state index in [1.807, 2.05) is 61.5 Å². The molecule has 19 heavy (non-hydrogen) atoms. The van der Waals surface area contributed by atoms with Gasteiger partial charge in [0.2, 0.25) is 0 Å². The quantitative estimate of drug-likeness (QED) is 0.885. The van der Waals surface area contributed by atoms with E-state index in [1.54, 1.807) is 0 Å². The summed E-state index contributed by atoms with van der Waals surface area (Å²) in [6.07, 6.45) is 2.02. The lowest BCUT2D eigenvalue weighted by molar-refractivity contribution is 0.0958. The normalized spacial score (nSPS) is 11.1. The van der Waals surface area contributed by atoms with Gasteiger partial charge in [-0.2, -0.15) is 0 Å². The Morgan fingerprint density at radius 1 is 0.947 bits per heavy atom. The number of rotatable bonds is 4. The average molecular weight is 251 g/mol. The van der Waals surface area contributed by atoms with Crippen LogP contribution in [0.3, 0.4) is 0 Å². The molecular formula is C17H17NO. The highest BCUT2D eigenvalue weighted by Gasteiger charge is 2.02. The highest BCUT2D eigenvalue weighted by Crippen LogP contribution is 2.11. The number of amides is 1. The van der Waals surface area contributed by atoms with Crippen LogP contribution in [0.15, 0.2) is 66.7 Å². The molecule has 96 valence electrons. The number of carbonyl (C=O) groups excluding carboxylic acids is 1.